The van der Waals surface area contributed by atoms with E-state index in [0.29, 0.717) is 22.8 Å². The summed E-state index contributed by atoms with van der Waals surface area (Å²) < 4.78 is 10.1. The summed E-state index contributed by atoms with van der Waals surface area (Å²) in [5.74, 6) is -0.793. The van der Waals surface area contributed by atoms with Crippen molar-refractivity contribution in [3.05, 3.63) is 47.3 Å². The second kappa shape index (κ2) is 6.14. The number of esters is 1. The maximum absolute atomic E-state index is 12.2. The fourth-order valence-corrected chi connectivity index (χ4v) is 3.16. The van der Waals surface area contributed by atoms with Gasteiger partial charge in [0.1, 0.15) is 11.4 Å². The molecule has 26 heavy (non-hydrogen) atoms. The summed E-state index contributed by atoms with van der Waals surface area (Å²) in [6.45, 7) is -0.0636. The molecule has 132 valence electrons. The van der Waals surface area contributed by atoms with Crippen molar-refractivity contribution in [2.75, 3.05) is 24.4 Å². The van der Waals surface area contributed by atoms with Crippen molar-refractivity contribution in [3.8, 4) is 5.75 Å². The van der Waals surface area contributed by atoms with Crippen LogP contribution in [-0.2, 0) is 14.3 Å². The third-order valence-electron chi connectivity index (χ3n) is 4.35. The van der Waals surface area contributed by atoms with Crippen molar-refractivity contribution in [2.24, 2.45) is 0 Å². The number of anilines is 2. The van der Waals surface area contributed by atoms with Crippen LogP contribution in [0.3, 0.4) is 0 Å². The van der Waals surface area contributed by atoms with Crippen LogP contribution in [0.15, 0.2) is 30.3 Å². The number of nitrogens with zero attached hydrogens (tertiary/aromatic N) is 1. The van der Waals surface area contributed by atoms with Crippen LogP contribution in [0.5, 0.6) is 5.75 Å². The summed E-state index contributed by atoms with van der Waals surface area (Å²) in [5, 5.41) is 5.58. The van der Waals surface area contributed by atoms with Gasteiger partial charge in [-0.2, -0.15) is 0 Å². The summed E-state index contributed by atoms with van der Waals surface area (Å²) in [6.07, 6.45) is 0.179. The molecule has 8 nitrogen and oxygen atoms in total. The Hall–Kier alpha value is -3.42. The monoisotopic (exact) mass is 353 g/mol. The van der Waals surface area contributed by atoms with Gasteiger partial charge in [0.15, 0.2) is 6.61 Å². The van der Waals surface area contributed by atoms with Crippen molar-refractivity contribution in [3.63, 3.8) is 0 Å². The van der Waals surface area contributed by atoms with Gasteiger partial charge in [-0.15, -0.1) is 0 Å². The molecule has 2 aromatic rings. The molecule has 0 saturated carbocycles. The van der Waals surface area contributed by atoms with Gasteiger partial charge in [-0.1, -0.05) is 6.07 Å². The highest BCUT2D eigenvalue weighted by atomic mass is 16.5. The molecule has 0 aliphatic carbocycles. The molecule has 0 bridgehead atoms. The summed E-state index contributed by atoms with van der Waals surface area (Å²) in [5.41, 5.74) is 2.69. The number of methoxy groups -OCH3 is 1. The highest BCUT2D eigenvalue weighted by molar-refractivity contribution is 5.99. The number of nitrogens with one attached hydrogen (secondary N) is 2. The van der Waals surface area contributed by atoms with Crippen LogP contribution in [-0.4, -0.2) is 36.5 Å². The molecular formula is C18H15N3O5. The van der Waals surface area contributed by atoms with Gasteiger partial charge < -0.3 is 20.1 Å². The minimum atomic E-state index is -0.543. The molecule has 0 saturated heterocycles. The molecule has 1 atom stereocenters. The van der Waals surface area contributed by atoms with Crippen LogP contribution >= 0.6 is 0 Å². The standard InChI is InChI=1S/C18H15N3O5/c1-25-18(24)12-4-2-3-11(19-12)10-6-16(22)20-13-7-15-14(5-9(10)13)21-17(23)8-26-15/h2-5,7,10H,6,8H2,1H3,(H,20,22)(H,21,23)/t10-/m0/s1. The molecule has 3 heterocycles. The van der Waals surface area contributed by atoms with Crippen molar-refractivity contribution in [1.82, 2.24) is 4.98 Å². The summed E-state index contributed by atoms with van der Waals surface area (Å²) in [4.78, 5) is 39.9. The van der Waals surface area contributed by atoms with E-state index in [1.807, 2.05) is 0 Å². The second-order valence-corrected chi connectivity index (χ2v) is 6.02. The van der Waals surface area contributed by atoms with Gasteiger partial charge >= 0.3 is 5.97 Å². The van der Waals surface area contributed by atoms with E-state index in [9.17, 15) is 14.4 Å². The predicted molar refractivity (Wildman–Crippen MR) is 91.2 cm³/mol. The van der Waals surface area contributed by atoms with Gasteiger partial charge in [-0.25, -0.2) is 9.78 Å². The Balaban J connectivity index is 1.80. The molecule has 0 spiro atoms. The number of amides is 2. The molecule has 1 aromatic heterocycles. The summed E-state index contributed by atoms with van der Waals surface area (Å²) >= 11 is 0. The maximum Gasteiger partial charge on any atom is 0.356 e. The number of fused-ring (bicyclic) bond motifs is 2. The Kier molecular flexibility index (Phi) is 3.80. The Morgan fingerprint density at radius 2 is 2.00 bits per heavy atom. The molecule has 0 radical (unpaired) electrons. The van der Waals surface area contributed by atoms with E-state index < -0.39 is 5.97 Å². The molecule has 2 N–H and O–H groups in total. The molecule has 0 fully saturated rings. The number of rotatable bonds is 2. The SMILES string of the molecule is COC(=O)c1cccc([C@H]2CC(=O)Nc3cc4c(cc32)NC(=O)CO4)n1. The number of hydrogen-bond acceptors (Lipinski definition) is 6. The highest BCUT2D eigenvalue weighted by Gasteiger charge is 2.30. The van der Waals surface area contributed by atoms with Crippen molar-refractivity contribution in [1.29, 1.82) is 0 Å². The van der Waals surface area contributed by atoms with Crippen LogP contribution in [0.4, 0.5) is 11.4 Å². The zero-order valence-corrected chi connectivity index (χ0v) is 13.9. The summed E-state index contributed by atoms with van der Waals surface area (Å²) in [7, 11) is 1.29. The molecule has 1 aromatic carbocycles. The number of benzene rings is 1. The van der Waals surface area contributed by atoms with E-state index in [0.717, 1.165) is 5.56 Å². The van der Waals surface area contributed by atoms with Gasteiger partial charge in [0.05, 0.1) is 12.8 Å². The van der Waals surface area contributed by atoms with E-state index >= 15 is 0 Å². The average Bonchev–Trinajstić information content (AvgIpc) is 2.65. The molecule has 2 amide bonds. The van der Waals surface area contributed by atoms with Gasteiger partial charge in [0.25, 0.3) is 5.91 Å². The Bertz CT molecular complexity index is 940. The van der Waals surface area contributed by atoms with Gasteiger partial charge in [-0.05, 0) is 23.8 Å². The molecule has 2 aliphatic heterocycles. The van der Waals surface area contributed by atoms with Crippen molar-refractivity contribution >= 4 is 29.2 Å². The number of aromatic nitrogens is 1. The number of hydrogen-bond donors (Lipinski definition) is 2. The average molecular weight is 353 g/mol. The minimum Gasteiger partial charge on any atom is -0.482 e. The quantitative estimate of drug-likeness (QED) is 0.796. The fourth-order valence-electron chi connectivity index (χ4n) is 3.16. The number of carbonyl (C=O) groups is 3. The molecule has 4 rings (SSSR count). The number of ether oxygens (including phenoxy) is 2. The lowest BCUT2D eigenvalue weighted by molar-refractivity contribution is -0.119. The zero-order valence-electron chi connectivity index (χ0n) is 13.9. The topological polar surface area (TPSA) is 107 Å². The number of pyridine rings is 1. The first-order valence-electron chi connectivity index (χ1n) is 8.01. The molecular weight excluding hydrogens is 338 g/mol. The second-order valence-electron chi connectivity index (χ2n) is 6.02. The zero-order chi connectivity index (χ0) is 18.3. The fraction of sp³-hybridized carbons (Fsp3) is 0.222. The first kappa shape index (κ1) is 16.1. The van der Waals surface area contributed by atoms with Gasteiger partial charge in [-0.3, -0.25) is 9.59 Å². The maximum atomic E-state index is 12.2. The molecule has 0 unspecified atom stereocenters. The predicted octanol–water partition coefficient (Wildman–Crippen LogP) is 1.67. The minimum absolute atomic E-state index is 0.0636. The first-order valence-corrected chi connectivity index (χ1v) is 8.01. The lowest BCUT2D eigenvalue weighted by atomic mass is 9.87. The van der Waals surface area contributed by atoms with Gasteiger partial charge in [0.2, 0.25) is 5.91 Å². The van der Waals surface area contributed by atoms with E-state index in [-0.39, 0.29) is 36.5 Å². The van der Waals surface area contributed by atoms with Crippen LogP contribution in [0.2, 0.25) is 0 Å². The van der Waals surface area contributed by atoms with Crippen LogP contribution in [0.1, 0.15) is 34.1 Å². The Morgan fingerprint density at radius 3 is 2.81 bits per heavy atom. The van der Waals surface area contributed by atoms with Crippen molar-refractivity contribution in [2.45, 2.75) is 12.3 Å². The molecule has 8 heteroatoms. The third-order valence-corrected chi connectivity index (χ3v) is 4.35. The largest absolute Gasteiger partial charge is 0.482 e. The van der Waals surface area contributed by atoms with Crippen LogP contribution < -0.4 is 15.4 Å². The van der Waals surface area contributed by atoms with Gasteiger partial charge in [0, 0.05) is 29.8 Å². The summed E-state index contributed by atoms with van der Waals surface area (Å²) in [6, 6.07) is 8.48. The Labute approximate surface area is 148 Å². The van der Waals surface area contributed by atoms with Crippen molar-refractivity contribution < 1.29 is 23.9 Å². The van der Waals surface area contributed by atoms with E-state index in [1.54, 1.807) is 30.3 Å². The number of carbonyl (C=O) groups excluding carboxylic acids is 3. The van der Waals surface area contributed by atoms with Crippen LogP contribution in [0.25, 0.3) is 0 Å². The lowest BCUT2D eigenvalue weighted by Gasteiger charge is -2.28. The smallest absolute Gasteiger partial charge is 0.356 e. The third kappa shape index (κ3) is 2.75. The normalized spacial score (nSPS) is 18.0. The van der Waals surface area contributed by atoms with Crippen LogP contribution in [0, 0.1) is 0 Å². The lowest BCUT2D eigenvalue weighted by Crippen LogP contribution is -2.28. The Morgan fingerprint density at radius 1 is 1.19 bits per heavy atom. The van der Waals surface area contributed by atoms with E-state index in [2.05, 4.69) is 15.6 Å². The first-order chi connectivity index (χ1) is 12.5. The van der Waals surface area contributed by atoms with E-state index in [4.69, 9.17) is 9.47 Å². The molecule has 2 aliphatic rings. The van der Waals surface area contributed by atoms with E-state index in [1.165, 1.54) is 7.11 Å². The highest BCUT2D eigenvalue weighted by Crippen LogP contribution is 2.42.